The van der Waals surface area contributed by atoms with Crippen LogP contribution in [-0.2, 0) is 39.7 Å². The third kappa shape index (κ3) is 10.0. The van der Waals surface area contributed by atoms with Crippen LogP contribution >= 0.6 is 22.6 Å². The first kappa shape index (κ1) is 40.4. The number of methoxy groups -OCH3 is 3. The Morgan fingerprint density at radius 1 is 0.778 bits per heavy atom. The summed E-state index contributed by atoms with van der Waals surface area (Å²) in [4.78, 5) is 11.1. The lowest BCUT2D eigenvalue weighted by Gasteiger charge is -2.25. The minimum atomic E-state index is -4.72. The predicted molar refractivity (Wildman–Crippen MR) is 206 cm³/mol. The van der Waals surface area contributed by atoms with Gasteiger partial charge in [0, 0.05) is 29.7 Å². The maximum atomic E-state index is 15.2. The summed E-state index contributed by atoms with van der Waals surface area (Å²) >= 11 is 1.93. The number of carbonyl (C=O) groups is 1. The molecule has 4 aromatic carbocycles. The lowest BCUT2D eigenvalue weighted by Crippen LogP contribution is -2.34. The molecule has 3 N–H and O–H groups in total. The van der Waals surface area contributed by atoms with Crippen LogP contribution in [0.4, 0.5) is 4.79 Å². The quantitative estimate of drug-likeness (QED) is 0.0831. The summed E-state index contributed by atoms with van der Waals surface area (Å²) in [5.41, 5.74) is 1.97. The van der Waals surface area contributed by atoms with Crippen LogP contribution in [0.3, 0.4) is 0 Å². The molecule has 5 rings (SSSR count). The van der Waals surface area contributed by atoms with E-state index < -0.39 is 35.9 Å². The van der Waals surface area contributed by atoms with E-state index in [1.54, 1.807) is 67.8 Å². The van der Waals surface area contributed by atoms with Crippen molar-refractivity contribution in [3.05, 3.63) is 105 Å². The third-order valence-corrected chi connectivity index (χ3v) is 12.5. The molecule has 0 saturated heterocycles. The molecule has 1 heterocycles. The number of hydrogen-bond donors (Lipinski definition) is 3. The van der Waals surface area contributed by atoms with Gasteiger partial charge < -0.3 is 24.6 Å². The Balaban J connectivity index is 1.64. The van der Waals surface area contributed by atoms with Crippen LogP contribution in [0.2, 0.25) is 0 Å². The number of carboxylic acid groups (broad SMARTS) is 1. The summed E-state index contributed by atoms with van der Waals surface area (Å²) in [6.45, 7) is -0.315. The summed E-state index contributed by atoms with van der Waals surface area (Å²) in [5, 5.41) is 24.0. The van der Waals surface area contributed by atoms with E-state index in [0.29, 0.717) is 31.9 Å². The molecular formula is C35H38IN7O9S2. The highest BCUT2D eigenvalue weighted by molar-refractivity contribution is 14.1. The molecule has 0 saturated carbocycles. The summed E-state index contributed by atoms with van der Waals surface area (Å²) in [5.74, 6) is 1.70. The molecule has 54 heavy (non-hydrogen) atoms. The van der Waals surface area contributed by atoms with Crippen molar-refractivity contribution in [1.29, 1.82) is 0 Å². The largest absolute Gasteiger partial charge is 0.497 e. The molecule has 0 atom stereocenters. The summed E-state index contributed by atoms with van der Waals surface area (Å²) < 4.78 is 78.3. The number of rotatable bonds is 18. The van der Waals surface area contributed by atoms with Gasteiger partial charge in [0.1, 0.15) is 27.0 Å². The van der Waals surface area contributed by atoms with Crippen LogP contribution in [0.25, 0.3) is 11.4 Å². The number of benzene rings is 4. The molecule has 0 spiro atoms. The lowest BCUT2D eigenvalue weighted by atomic mass is 10.2. The van der Waals surface area contributed by atoms with Crippen LogP contribution in [0.15, 0.2) is 94.7 Å². The van der Waals surface area contributed by atoms with Gasteiger partial charge in [0.2, 0.25) is 25.9 Å². The van der Waals surface area contributed by atoms with E-state index in [2.05, 4.69) is 25.4 Å². The molecule has 0 unspecified atom stereocenters. The second-order valence-electron chi connectivity index (χ2n) is 11.7. The fourth-order valence-corrected chi connectivity index (χ4v) is 9.67. The maximum absolute atomic E-state index is 15.2. The van der Waals surface area contributed by atoms with E-state index in [1.165, 1.54) is 35.5 Å². The van der Waals surface area contributed by atoms with E-state index in [0.717, 1.165) is 5.56 Å². The monoisotopic (exact) mass is 891 g/mol. The van der Waals surface area contributed by atoms with Crippen molar-refractivity contribution < 1.29 is 40.9 Å². The molecule has 0 bridgehead atoms. The lowest BCUT2D eigenvalue weighted by molar-refractivity contribution is 0.194. The zero-order chi connectivity index (χ0) is 38.9. The Morgan fingerprint density at radius 3 is 1.80 bits per heavy atom. The van der Waals surface area contributed by atoms with E-state index in [4.69, 9.17) is 19.3 Å². The highest BCUT2D eigenvalue weighted by Gasteiger charge is 2.37. The molecule has 16 nitrogen and oxygen atoms in total. The molecule has 0 fully saturated rings. The Labute approximate surface area is 326 Å². The predicted octanol–water partition coefficient (Wildman–Crippen LogP) is 4.35. The van der Waals surface area contributed by atoms with Gasteiger partial charge in [-0.2, -0.15) is 9.10 Å². The first-order valence-corrected chi connectivity index (χ1v) is 20.3. The van der Waals surface area contributed by atoms with Crippen molar-refractivity contribution in [2.75, 3.05) is 34.4 Å². The second kappa shape index (κ2) is 18.0. The van der Waals surface area contributed by atoms with Gasteiger partial charge in [-0.1, -0.05) is 36.4 Å². The third-order valence-electron chi connectivity index (χ3n) is 8.08. The van der Waals surface area contributed by atoms with Gasteiger partial charge in [0.05, 0.1) is 33.4 Å². The molecule has 0 aliphatic rings. The van der Waals surface area contributed by atoms with Gasteiger partial charge in [-0.25, -0.2) is 26.4 Å². The number of sulfonamides is 2. The van der Waals surface area contributed by atoms with Gasteiger partial charge in [0.25, 0.3) is 0 Å². The minimum Gasteiger partial charge on any atom is -0.497 e. The number of nitrogens with one attached hydrogen (secondary N) is 2. The zero-order valence-corrected chi connectivity index (χ0v) is 33.3. The molecule has 1 amide bonds. The maximum Gasteiger partial charge on any atom is 0.404 e. The van der Waals surface area contributed by atoms with Crippen LogP contribution in [0, 0.1) is 3.57 Å². The Morgan fingerprint density at radius 2 is 1.30 bits per heavy atom. The SMILES string of the molecule is COc1ccc(CN(Cc2ccc(OC)cc2)S(=O)(=O)c2c(S(=O)(=O)NCCCNC(=O)O)ccc(I)c2-c2nnn(Cc3ccc(OC)cc3)n2)cc1. The number of amides is 1. The van der Waals surface area contributed by atoms with Crippen molar-refractivity contribution in [2.45, 2.75) is 35.8 Å². The molecule has 286 valence electrons. The molecule has 19 heteroatoms. The number of halogens is 1. The van der Waals surface area contributed by atoms with Crippen LogP contribution in [0.1, 0.15) is 23.1 Å². The van der Waals surface area contributed by atoms with Gasteiger partial charge in [-0.15, -0.1) is 10.2 Å². The summed E-state index contributed by atoms with van der Waals surface area (Å²) in [6, 6.07) is 23.6. The first-order valence-electron chi connectivity index (χ1n) is 16.3. The first-order chi connectivity index (χ1) is 25.8. The number of nitrogens with zero attached hydrogens (tertiary/aromatic N) is 5. The molecular weight excluding hydrogens is 853 g/mol. The Bertz CT molecular complexity index is 2220. The number of ether oxygens (including phenoxy) is 3. The summed E-state index contributed by atoms with van der Waals surface area (Å²) in [7, 11) is -4.65. The summed E-state index contributed by atoms with van der Waals surface area (Å²) in [6.07, 6.45) is -1.15. The van der Waals surface area contributed by atoms with E-state index in [1.807, 2.05) is 34.7 Å². The smallest absolute Gasteiger partial charge is 0.404 e. The van der Waals surface area contributed by atoms with Crippen molar-refractivity contribution in [1.82, 2.24) is 34.6 Å². The standard InChI is InChI=1S/C35H38IN7O9S2/c1-50-27-11-5-24(6-12-27)21-42(22-25-7-13-28(51-2)14-8-25)54(48,49)33-31(53(46,47)38-20-4-19-37-35(44)45)18-17-30(36)32(33)34-39-41-43(40-34)23-26-9-15-29(52-3)16-10-26/h5-18,37-38H,4,19-23H2,1-3H3,(H,44,45). The normalized spacial score (nSPS) is 11.7. The van der Waals surface area contributed by atoms with Crippen molar-refractivity contribution in [3.63, 3.8) is 0 Å². The Hall–Kier alpha value is -4.83. The van der Waals surface area contributed by atoms with Crippen molar-refractivity contribution in [3.8, 4) is 28.6 Å². The molecule has 5 aromatic rings. The highest BCUT2D eigenvalue weighted by Crippen LogP contribution is 2.38. The number of aromatic nitrogens is 4. The molecule has 0 aliphatic heterocycles. The number of hydrogen-bond acceptors (Lipinski definition) is 11. The van der Waals surface area contributed by atoms with Crippen LogP contribution < -0.4 is 24.2 Å². The molecule has 0 radical (unpaired) electrons. The molecule has 0 aliphatic carbocycles. The van der Waals surface area contributed by atoms with E-state index in [-0.39, 0.29) is 50.5 Å². The Kier molecular flexibility index (Phi) is 13.5. The highest BCUT2D eigenvalue weighted by atomic mass is 127. The number of tetrazole rings is 1. The topological polar surface area (TPSA) is 204 Å². The van der Waals surface area contributed by atoms with Gasteiger partial charge >= 0.3 is 6.09 Å². The fourth-order valence-electron chi connectivity index (χ4n) is 5.31. The molecule has 1 aromatic heterocycles. The van der Waals surface area contributed by atoms with Crippen molar-refractivity contribution >= 4 is 48.7 Å². The van der Waals surface area contributed by atoms with Gasteiger partial charge in [-0.05, 0) is 99.4 Å². The van der Waals surface area contributed by atoms with Gasteiger partial charge in [-0.3, -0.25) is 0 Å². The second-order valence-corrected chi connectivity index (χ2v) is 16.5. The van der Waals surface area contributed by atoms with E-state index in [9.17, 15) is 13.2 Å². The minimum absolute atomic E-state index is 0.0281. The van der Waals surface area contributed by atoms with Crippen LogP contribution in [0.5, 0.6) is 17.2 Å². The zero-order valence-electron chi connectivity index (χ0n) is 29.5. The average molecular weight is 892 g/mol. The van der Waals surface area contributed by atoms with Gasteiger partial charge in [0.15, 0.2) is 0 Å². The van der Waals surface area contributed by atoms with Crippen molar-refractivity contribution in [2.24, 2.45) is 0 Å². The van der Waals surface area contributed by atoms with E-state index >= 15 is 8.42 Å². The fraction of sp³-hybridized carbons (Fsp3) is 0.257. The average Bonchev–Trinajstić information content (AvgIpc) is 3.62. The van der Waals surface area contributed by atoms with Crippen LogP contribution in [-0.4, -0.2) is 87.0 Å².